The fraction of sp³-hybridized carbons (Fsp3) is 0.389. The van der Waals surface area contributed by atoms with E-state index in [4.69, 9.17) is 22.1 Å². The predicted molar refractivity (Wildman–Crippen MR) is 105 cm³/mol. The number of halogens is 1. The van der Waals surface area contributed by atoms with Crippen LogP contribution in [0.3, 0.4) is 0 Å². The molecule has 2 heterocycles. The van der Waals surface area contributed by atoms with Gasteiger partial charge in [-0.2, -0.15) is 0 Å². The second kappa shape index (κ2) is 8.71. The Morgan fingerprint density at radius 3 is 2.96 bits per heavy atom. The second-order valence-electron chi connectivity index (χ2n) is 6.20. The van der Waals surface area contributed by atoms with Crippen LogP contribution in [0.15, 0.2) is 41.7 Å². The molecule has 1 aliphatic rings. The van der Waals surface area contributed by atoms with Crippen molar-refractivity contribution < 1.29 is 4.74 Å². The van der Waals surface area contributed by atoms with Gasteiger partial charge in [-0.15, -0.1) is 0 Å². The number of hydrogen-bond acceptors (Lipinski definition) is 5. The van der Waals surface area contributed by atoms with Crippen LogP contribution < -0.4 is 20.7 Å². The van der Waals surface area contributed by atoms with Crippen LogP contribution in [-0.2, 0) is 0 Å². The molecule has 138 valence electrons. The highest BCUT2D eigenvalue weighted by atomic mass is 35.5. The van der Waals surface area contributed by atoms with E-state index >= 15 is 0 Å². The minimum absolute atomic E-state index is 0.374. The molecule has 3 N–H and O–H groups in total. The van der Waals surface area contributed by atoms with E-state index < -0.39 is 0 Å². The lowest BCUT2D eigenvalue weighted by atomic mass is 9.98. The summed E-state index contributed by atoms with van der Waals surface area (Å²) in [4.78, 5) is 15.3. The molecule has 2 aromatic rings. The first-order valence-electron chi connectivity index (χ1n) is 8.58. The van der Waals surface area contributed by atoms with E-state index in [1.165, 1.54) is 0 Å². The number of nitrogens with two attached hydrogens (primary N) is 1. The molecule has 0 spiro atoms. The predicted octanol–water partition coefficient (Wildman–Crippen LogP) is 2.78. The van der Waals surface area contributed by atoms with Gasteiger partial charge < -0.3 is 20.7 Å². The van der Waals surface area contributed by atoms with Crippen molar-refractivity contribution in [1.82, 2.24) is 9.97 Å². The van der Waals surface area contributed by atoms with E-state index in [1.807, 2.05) is 12.1 Å². The number of nitrogens with one attached hydrogen (secondary N) is 1. The SMILES string of the molecule is COc1ccc(NC(N)=NCC2CCCN(c3ncccn3)C2)cc1Cl. The van der Waals surface area contributed by atoms with E-state index in [-0.39, 0.29) is 0 Å². The van der Waals surface area contributed by atoms with Crippen LogP contribution in [0.2, 0.25) is 5.02 Å². The monoisotopic (exact) mass is 374 g/mol. The Morgan fingerprint density at radius 1 is 1.42 bits per heavy atom. The molecule has 1 fully saturated rings. The molecule has 1 atom stereocenters. The van der Waals surface area contributed by atoms with Gasteiger partial charge in [0.25, 0.3) is 0 Å². The number of rotatable bonds is 5. The van der Waals surface area contributed by atoms with Gasteiger partial charge in [-0.1, -0.05) is 11.6 Å². The third-order valence-electron chi connectivity index (χ3n) is 4.30. The number of methoxy groups -OCH3 is 1. The van der Waals surface area contributed by atoms with Crippen molar-refractivity contribution in [2.24, 2.45) is 16.6 Å². The molecule has 0 amide bonds. The summed E-state index contributed by atoms with van der Waals surface area (Å²) in [5.74, 6) is 2.20. The summed E-state index contributed by atoms with van der Waals surface area (Å²) in [6, 6.07) is 7.23. The van der Waals surface area contributed by atoms with Crippen LogP contribution in [0.5, 0.6) is 5.75 Å². The van der Waals surface area contributed by atoms with Gasteiger partial charge in [0.1, 0.15) is 5.75 Å². The van der Waals surface area contributed by atoms with E-state index in [2.05, 4.69) is 25.2 Å². The number of guanidine groups is 1. The molecule has 0 bridgehead atoms. The number of anilines is 2. The molecule has 3 rings (SSSR count). The van der Waals surface area contributed by atoms with Crippen LogP contribution >= 0.6 is 11.6 Å². The van der Waals surface area contributed by atoms with Gasteiger partial charge in [0.15, 0.2) is 5.96 Å². The van der Waals surface area contributed by atoms with Crippen LogP contribution in [0.25, 0.3) is 0 Å². The number of aromatic nitrogens is 2. The van der Waals surface area contributed by atoms with Gasteiger partial charge >= 0.3 is 0 Å². The molecule has 1 unspecified atom stereocenters. The van der Waals surface area contributed by atoms with E-state index in [0.717, 1.165) is 37.6 Å². The average Bonchev–Trinajstić information content (AvgIpc) is 2.67. The maximum Gasteiger partial charge on any atom is 0.225 e. The molecule has 1 aromatic heterocycles. The van der Waals surface area contributed by atoms with Gasteiger partial charge in [-0.3, -0.25) is 4.99 Å². The van der Waals surface area contributed by atoms with Crippen molar-refractivity contribution in [3.63, 3.8) is 0 Å². The van der Waals surface area contributed by atoms with E-state index in [9.17, 15) is 0 Å². The van der Waals surface area contributed by atoms with Gasteiger partial charge in [0, 0.05) is 37.7 Å². The first-order chi connectivity index (χ1) is 12.7. The van der Waals surface area contributed by atoms with Crippen molar-refractivity contribution in [3.05, 3.63) is 41.7 Å². The Balaban J connectivity index is 1.56. The van der Waals surface area contributed by atoms with Gasteiger partial charge in [-0.25, -0.2) is 9.97 Å². The minimum Gasteiger partial charge on any atom is -0.495 e. The normalized spacial score (nSPS) is 17.8. The molecule has 1 aromatic carbocycles. The van der Waals surface area contributed by atoms with Crippen LogP contribution in [0.1, 0.15) is 12.8 Å². The number of aliphatic imine (C=N–C) groups is 1. The zero-order valence-corrected chi connectivity index (χ0v) is 15.5. The molecule has 8 heteroatoms. The molecular weight excluding hydrogens is 352 g/mol. The van der Waals surface area contributed by atoms with Crippen molar-refractivity contribution in [3.8, 4) is 5.75 Å². The molecule has 0 aliphatic carbocycles. The number of nitrogens with zero attached hydrogens (tertiary/aromatic N) is 4. The van der Waals surface area contributed by atoms with Crippen molar-refractivity contribution >= 4 is 29.2 Å². The summed E-state index contributed by atoms with van der Waals surface area (Å²) in [7, 11) is 1.58. The molecule has 7 nitrogen and oxygen atoms in total. The third-order valence-corrected chi connectivity index (χ3v) is 4.59. The van der Waals surface area contributed by atoms with Gasteiger partial charge in [-0.05, 0) is 43.0 Å². The lowest BCUT2D eigenvalue weighted by Gasteiger charge is -2.31. The summed E-state index contributed by atoms with van der Waals surface area (Å²) < 4.78 is 5.14. The van der Waals surface area contributed by atoms with Gasteiger partial charge in [0.2, 0.25) is 5.95 Å². The highest BCUT2D eigenvalue weighted by molar-refractivity contribution is 6.32. The van der Waals surface area contributed by atoms with Crippen molar-refractivity contribution in [2.45, 2.75) is 12.8 Å². The summed E-state index contributed by atoms with van der Waals surface area (Å²) in [5, 5.41) is 3.59. The lowest BCUT2D eigenvalue weighted by Crippen LogP contribution is -2.38. The van der Waals surface area contributed by atoms with Crippen molar-refractivity contribution in [2.75, 3.05) is 37.0 Å². The fourth-order valence-corrected chi connectivity index (χ4v) is 3.27. The van der Waals surface area contributed by atoms with Gasteiger partial charge in [0.05, 0.1) is 12.1 Å². The van der Waals surface area contributed by atoms with Crippen LogP contribution in [0.4, 0.5) is 11.6 Å². The molecule has 0 radical (unpaired) electrons. The summed E-state index contributed by atoms with van der Waals surface area (Å²) in [5.41, 5.74) is 6.79. The Bertz CT molecular complexity index is 755. The summed E-state index contributed by atoms with van der Waals surface area (Å²) in [6.07, 6.45) is 5.76. The number of hydrogen-bond donors (Lipinski definition) is 2. The van der Waals surface area contributed by atoms with Crippen molar-refractivity contribution in [1.29, 1.82) is 0 Å². The summed E-state index contributed by atoms with van der Waals surface area (Å²) >= 11 is 6.12. The largest absolute Gasteiger partial charge is 0.495 e. The Labute approximate surface area is 158 Å². The number of piperidine rings is 1. The number of ether oxygens (including phenoxy) is 1. The highest BCUT2D eigenvalue weighted by Crippen LogP contribution is 2.27. The fourth-order valence-electron chi connectivity index (χ4n) is 3.01. The summed E-state index contributed by atoms with van der Waals surface area (Å²) in [6.45, 7) is 2.52. The first-order valence-corrected chi connectivity index (χ1v) is 8.96. The maximum atomic E-state index is 6.12. The number of benzene rings is 1. The highest BCUT2D eigenvalue weighted by Gasteiger charge is 2.21. The van der Waals surface area contributed by atoms with Crippen LogP contribution in [0, 0.1) is 5.92 Å². The molecule has 0 saturated carbocycles. The van der Waals surface area contributed by atoms with E-state index in [1.54, 1.807) is 31.6 Å². The minimum atomic E-state index is 0.374. The Morgan fingerprint density at radius 2 is 2.23 bits per heavy atom. The smallest absolute Gasteiger partial charge is 0.225 e. The standard InChI is InChI=1S/C18H23ClN6O/c1-26-16-6-5-14(10-15(16)19)24-17(20)23-11-13-4-2-9-25(12-13)18-21-7-3-8-22-18/h3,5-8,10,13H,2,4,9,11-12H2,1H3,(H3,20,23,24). The zero-order valence-electron chi connectivity index (χ0n) is 14.7. The molecule has 1 saturated heterocycles. The molecular formula is C18H23ClN6O. The Hall–Kier alpha value is -2.54. The second-order valence-corrected chi connectivity index (χ2v) is 6.61. The molecule has 26 heavy (non-hydrogen) atoms. The zero-order chi connectivity index (χ0) is 18.4. The lowest BCUT2D eigenvalue weighted by molar-refractivity contribution is 0.415. The Kier molecular flexibility index (Phi) is 6.12. The first kappa shape index (κ1) is 18.3. The third kappa shape index (κ3) is 4.76. The van der Waals surface area contributed by atoms with Crippen LogP contribution in [-0.4, -0.2) is 42.7 Å². The topological polar surface area (TPSA) is 88.7 Å². The van der Waals surface area contributed by atoms with E-state index in [0.29, 0.717) is 29.2 Å². The quantitative estimate of drug-likeness (QED) is 0.618. The average molecular weight is 375 g/mol. The molecule has 1 aliphatic heterocycles. The maximum absolute atomic E-state index is 6.12.